The van der Waals surface area contributed by atoms with Crippen LogP contribution in [0, 0.1) is 47.3 Å². The van der Waals surface area contributed by atoms with Crippen molar-refractivity contribution in [3.05, 3.63) is 0 Å². The van der Waals surface area contributed by atoms with Crippen molar-refractivity contribution in [1.29, 1.82) is 0 Å². The van der Waals surface area contributed by atoms with Gasteiger partial charge in [0.1, 0.15) is 5.92 Å². The highest BCUT2D eigenvalue weighted by molar-refractivity contribution is 6.00. The third-order valence-electron chi connectivity index (χ3n) is 8.13. The Kier molecular flexibility index (Phi) is 6.89. The van der Waals surface area contributed by atoms with Crippen LogP contribution in [0.5, 0.6) is 0 Å². The van der Waals surface area contributed by atoms with E-state index in [-0.39, 0.29) is 11.8 Å². The van der Waals surface area contributed by atoms with Crippen LogP contribution >= 0.6 is 0 Å². The molecule has 2 amide bonds. The van der Waals surface area contributed by atoms with Crippen molar-refractivity contribution in [2.24, 2.45) is 57.5 Å². The summed E-state index contributed by atoms with van der Waals surface area (Å²) in [5.41, 5.74) is 5.29. The molecule has 0 aromatic carbocycles. The zero-order valence-corrected chi connectivity index (χ0v) is 18.6. The Bertz CT molecular complexity index is 637. The first kappa shape index (κ1) is 21.5. The second kappa shape index (κ2) is 9.61. The minimum absolute atomic E-state index is 0.317. The van der Waals surface area contributed by atoms with E-state index in [9.17, 15) is 9.59 Å². The summed E-state index contributed by atoms with van der Waals surface area (Å²) < 4.78 is 0. The molecule has 166 valence electrons. The van der Waals surface area contributed by atoms with E-state index >= 15 is 0 Å². The summed E-state index contributed by atoms with van der Waals surface area (Å²) in [5, 5.41) is 8.46. The Hall–Kier alpha value is -1.72. The highest BCUT2D eigenvalue weighted by atomic mass is 16.2. The van der Waals surface area contributed by atoms with E-state index in [1.807, 2.05) is 12.4 Å². The van der Waals surface area contributed by atoms with E-state index < -0.39 is 5.92 Å². The molecule has 4 fully saturated rings. The Labute approximate surface area is 180 Å². The van der Waals surface area contributed by atoms with Crippen LogP contribution in [0.4, 0.5) is 0 Å². The van der Waals surface area contributed by atoms with Crippen molar-refractivity contribution in [2.45, 2.75) is 78.1 Å². The van der Waals surface area contributed by atoms with Gasteiger partial charge in [-0.3, -0.25) is 9.59 Å². The van der Waals surface area contributed by atoms with Gasteiger partial charge in [0, 0.05) is 12.4 Å². The monoisotopic (exact) mass is 414 g/mol. The van der Waals surface area contributed by atoms with Crippen molar-refractivity contribution in [1.82, 2.24) is 10.9 Å². The van der Waals surface area contributed by atoms with E-state index in [1.165, 1.54) is 51.4 Å². The van der Waals surface area contributed by atoms with Gasteiger partial charge in [-0.15, -0.1) is 0 Å². The second-order valence-corrected chi connectivity index (χ2v) is 10.7. The van der Waals surface area contributed by atoms with Gasteiger partial charge in [-0.1, -0.05) is 26.7 Å². The molecule has 4 aliphatic carbocycles. The number of carbonyl (C=O) groups excluding carboxylic acids is 2. The molecule has 7 atom stereocenters. The molecule has 0 spiro atoms. The molecule has 0 saturated heterocycles. The molecule has 2 N–H and O–H groups in total. The van der Waals surface area contributed by atoms with E-state index in [1.54, 1.807) is 0 Å². The van der Waals surface area contributed by atoms with Crippen molar-refractivity contribution in [2.75, 3.05) is 0 Å². The number of hydrogen-bond acceptors (Lipinski definition) is 4. The van der Waals surface area contributed by atoms with Crippen LogP contribution in [0.3, 0.4) is 0 Å². The van der Waals surface area contributed by atoms with Crippen LogP contribution in [0.2, 0.25) is 0 Å². The topological polar surface area (TPSA) is 82.9 Å². The Morgan fingerprint density at radius 2 is 1.30 bits per heavy atom. The van der Waals surface area contributed by atoms with Gasteiger partial charge in [0.15, 0.2) is 0 Å². The molecule has 4 aliphatic rings. The maximum atomic E-state index is 12.7. The average Bonchev–Trinajstić information content (AvgIpc) is 3.49. The molecule has 6 heteroatoms. The normalized spacial score (nSPS) is 35.7. The van der Waals surface area contributed by atoms with Gasteiger partial charge in [0.05, 0.1) is 0 Å². The molecule has 6 nitrogen and oxygen atoms in total. The van der Waals surface area contributed by atoms with Crippen molar-refractivity contribution >= 4 is 24.2 Å². The quantitative estimate of drug-likeness (QED) is 0.338. The number of hydrogen-bond donors (Lipinski definition) is 2. The van der Waals surface area contributed by atoms with Gasteiger partial charge in [-0.25, -0.2) is 10.9 Å². The number of carbonyl (C=O) groups is 2. The maximum absolute atomic E-state index is 12.7. The van der Waals surface area contributed by atoms with Crippen LogP contribution in [0.1, 0.15) is 78.1 Å². The zero-order chi connectivity index (χ0) is 21.1. The molecule has 0 aromatic rings. The fourth-order valence-electron chi connectivity index (χ4n) is 6.38. The molecule has 0 radical (unpaired) electrons. The predicted octanol–water partition coefficient (Wildman–Crippen LogP) is 4.12. The molecule has 4 bridgehead atoms. The molecule has 1 unspecified atom stereocenters. The summed E-state index contributed by atoms with van der Waals surface area (Å²) in [5.74, 6) is 3.18. The first-order valence-electron chi connectivity index (χ1n) is 12.2. The fourth-order valence-corrected chi connectivity index (χ4v) is 6.38. The summed E-state index contributed by atoms with van der Waals surface area (Å²) in [7, 11) is 0. The largest absolute Gasteiger partial charge is 0.272 e. The number of rotatable bonds is 9. The predicted molar refractivity (Wildman–Crippen MR) is 119 cm³/mol. The van der Waals surface area contributed by atoms with Gasteiger partial charge in [0.2, 0.25) is 0 Å². The first-order chi connectivity index (χ1) is 14.5. The molecule has 4 rings (SSSR count). The summed E-state index contributed by atoms with van der Waals surface area (Å²) in [6.07, 6.45) is 15.4. The van der Waals surface area contributed by atoms with Gasteiger partial charge in [-0.2, -0.15) is 10.2 Å². The van der Waals surface area contributed by atoms with Crippen LogP contribution in [-0.2, 0) is 9.59 Å². The highest BCUT2D eigenvalue weighted by Gasteiger charge is 2.39. The smallest absolute Gasteiger partial charge is 0.252 e. The second-order valence-electron chi connectivity index (χ2n) is 10.7. The van der Waals surface area contributed by atoms with E-state index in [4.69, 9.17) is 0 Å². The first-order valence-corrected chi connectivity index (χ1v) is 12.2. The minimum Gasteiger partial charge on any atom is -0.272 e. The average molecular weight is 415 g/mol. The third kappa shape index (κ3) is 5.12. The standard InChI is InChI=1S/C24H38N4O2/c1-15(2)3-8-22(23(29)27-25-13-20-11-16-4-6-18(20)9-16)24(30)28-26-14-21-12-17-5-7-19(21)10-17/h13-22H,3-12H2,1-2H3,(H,27,29)(H,28,30)/b25-13-,26-14-/t16-,17-,18-,19-,20-,21+,22?/m0/s1. The molecule has 0 aliphatic heterocycles. The molecule has 0 aromatic heterocycles. The SMILES string of the molecule is CC(C)CCC(C(=O)N/N=C\[C@@H]1C[C@H]2CC[C@H]1C2)C(=O)N/N=C\[C@H]1C[C@H]2CC[C@H]1C2. The van der Waals surface area contributed by atoms with Crippen molar-refractivity contribution in [3.63, 3.8) is 0 Å². The molecular weight excluding hydrogens is 376 g/mol. The maximum Gasteiger partial charge on any atom is 0.252 e. The van der Waals surface area contributed by atoms with Gasteiger partial charge in [-0.05, 0) is 92.8 Å². The van der Waals surface area contributed by atoms with Crippen LogP contribution in [-0.4, -0.2) is 24.2 Å². The Morgan fingerprint density at radius 1 is 0.800 bits per heavy atom. The fraction of sp³-hybridized carbons (Fsp3) is 0.833. The highest BCUT2D eigenvalue weighted by Crippen LogP contribution is 2.48. The lowest BCUT2D eigenvalue weighted by atomic mass is 9.90. The van der Waals surface area contributed by atoms with Gasteiger partial charge < -0.3 is 0 Å². The lowest BCUT2D eigenvalue weighted by Crippen LogP contribution is -2.38. The lowest BCUT2D eigenvalue weighted by molar-refractivity contribution is -0.135. The minimum atomic E-state index is -0.748. The van der Waals surface area contributed by atoms with Gasteiger partial charge in [0.25, 0.3) is 11.8 Å². The number of nitrogens with zero attached hydrogens (tertiary/aromatic N) is 2. The molecular formula is C24H38N4O2. The number of amides is 2. The summed E-state index contributed by atoms with van der Waals surface area (Å²) in [6, 6.07) is 0. The van der Waals surface area contributed by atoms with Crippen molar-refractivity contribution < 1.29 is 9.59 Å². The van der Waals surface area contributed by atoms with Crippen LogP contribution < -0.4 is 10.9 Å². The third-order valence-corrected chi connectivity index (χ3v) is 8.13. The number of fused-ring (bicyclic) bond motifs is 4. The van der Waals surface area contributed by atoms with Crippen molar-refractivity contribution in [3.8, 4) is 0 Å². The van der Waals surface area contributed by atoms with E-state index in [0.717, 1.165) is 30.1 Å². The summed E-state index contributed by atoms with van der Waals surface area (Å²) in [4.78, 5) is 25.4. The molecule has 4 saturated carbocycles. The number of nitrogens with one attached hydrogen (secondary N) is 2. The Balaban J connectivity index is 1.28. The Morgan fingerprint density at radius 3 is 1.67 bits per heavy atom. The zero-order valence-electron chi connectivity index (χ0n) is 18.6. The summed E-state index contributed by atoms with van der Waals surface area (Å²) in [6.45, 7) is 4.21. The van der Waals surface area contributed by atoms with Crippen LogP contribution in [0.15, 0.2) is 10.2 Å². The molecule has 30 heavy (non-hydrogen) atoms. The number of hydrazone groups is 2. The molecule has 0 heterocycles. The van der Waals surface area contributed by atoms with Gasteiger partial charge >= 0.3 is 0 Å². The van der Waals surface area contributed by atoms with E-state index in [2.05, 4.69) is 34.9 Å². The van der Waals surface area contributed by atoms with E-state index in [0.29, 0.717) is 24.2 Å². The van der Waals surface area contributed by atoms with Crippen LogP contribution in [0.25, 0.3) is 0 Å². The summed E-state index contributed by atoms with van der Waals surface area (Å²) >= 11 is 0. The lowest BCUT2D eigenvalue weighted by Gasteiger charge is -2.18.